The van der Waals surface area contributed by atoms with E-state index in [2.05, 4.69) is 0 Å². The van der Waals surface area contributed by atoms with Gasteiger partial charge in [0, 0.05) is 30.9 Å². The van der Waals surface area contributed by atoms with E-state index in [1.807, 2.05) is 24.8 Å². The number of anilines is 1. The number of nitrogens with zero attached hydrogens (tertiary/aromatic N) is 2. The maximum atomic E-state index is 10.7. The summed E-state index contributed by atoms with van der Waals surface area (Å²) < 4.78 is 0. The number of benzene rings is 1. The second-order valence-electron chi connectivity index (χ2n) is 3.59. The van der Waals surface area contributed by atoms with Gasteiger partial charge >= 0.3 is 0 Å². The third-order valence-electron chi connectivity index (χ3n) is 2.37. The smallest absolute Gasteiger partial charge is 0.271 e. The van der Waals surface area contributed by atoms with Crippen LogP contribution in [-0.2, 0) is 0 Å². The molecule has 5 nitrogen and oxygen atoms in total. The molecule has 0 aliphatic rings. The molecule has 0 atom stereocenters. The van der Waals surface area contributed by atoms with Gasteiger partial charge in [0.05, 0.1) is 11.5 Å². The normalized spacial score (nSPS) is 10.2. The van der Waals surface area contributed by atoms with Crippen LogP contribution in [-0.4, -0.2) is 29.7 Å². The van der Waals surface area contributed by atoms with Crippen LogP contribution in [0.15, 0.2) is 18.2 Å². The number of nitro groups is 1. The molecular weight excluding hydrogens is 208 g/mol. The summed E-state index contributed by atoms with van der Waals surface area (Å²) >= 11 is 0. The molecule has 0 radical (unpaired) electrons. The summed E-state index contributed by atoms with van der Waals surface area (Å²) in [6.45, 7) is 5.00. The van der Waals surface area contributed by atoms with Gasteiger partial charge in [-0.3, -0.25) is 10.1 Å². The molecule has 0 unspecified atom stereocenters. The summed E-state index contributed by atoms with van der Waals surface area (Å²) in [6.07, 6.45) is 0. The van der Waals surface area contributed by atoms with E-state index in [4.69, 9.17) is 5.11 Å². The monoisotopic (exact) mass is 224 g/mol. The average Bonchev–Trinajstić information content (AvgIpc) is 2.24. The molecular formula is C11H16N2O3. The topological polar surface area (TPSA) is 66.6 Å². The van der Waals surface area contributed by atoms with E-state index in [0.29, 0.717) is 13.1 Å². The quantitative estimate of drug-likeness (QED) is 0.611. The molecule has 0 spiro atoms. The Labute approximate surface area is 94.5 Å². The van der Waals surface area contributed by atoms with E-state index in [1.54, 1.807) is 0 Å². The molecule has 0 aliphatic heterocycles. The molecule has 88 valence electrons. The first kappa shape index (κ1) is 12.4. The predicted octanol–water partition coefficient (Wildman–Crippen LogP) is 1.72. The minimum absolute atomic E-state index is 0.0373. The average molecular weight is 224 g/mol. The summed E-state index contributed by atoms with van der Waals surface area (Å²) in [5.41, 5.74) is 1.72. The van der Waals surface area contributed by atoms with Crippen molar-refractivity contribution in [2.75, 3.05) is 24.6 Å². The van der Waals surface area contributed by atoms with Gasteiger partial charge in [-0.05, 0) is 25.5 Å². The van der Waals surface area contributed by atoms with Crippen molar-refractivity contribution in [1.29, 1.82) is 0 Å². The summed E-state index contributed by atoms with van der Waals surface area (Å²) in [5, 5.41) is 19.6. The lowest BCUT2D eigenvalue weighted by Gasteiger charge is -2.22. The molecule has 0 fully saturated rings. The zero-order chi connectivity index (χ0) is 12.1. The number of hydrogen-bond donors (Lipinski definition) is 1. The highest BCUT2D eigenvalue weighted by Crippen LogP contribution is 2.23. The highest BCUT2D eigenvalue weighted by Gasteiger charge is 2.11. The predicted molar refractivity (Wildman–Crippen MR) is 62.8 cm³/mol. The van der Waals surface area contributed by atoms with E-state index in [9.17, 15) is 10.1 Å². The molecule has 0 bridgehead atoms. The molecule has 0 saturated heterocycles. The van der Waals surface area contributed by atoms with Crippen molar-refractivity contribution in [2.24, 2.45) is 0 Å². The summed E-state index contributed by atoms with van der Waals surface area (Å²) in [4.78, 5) is 12.2. The molecule has 16 heavy (non-hydrogen) atoms. The van der Waals surface area contributed by atoms with E-state index >= 15 is 0 Å². The van der Waals surface area contributed by atoms with Gasteiger partial charge in [0.1, 0.15) is 0 Å². The summed E-state index contributed by atoms with van der Waals surface area (Å²) in [6, 6.07) is 4.95. The Hall–Kier alpha value is -1.62. The Bertz CT molecular complexity index is 379. The van der Waals surface area contributed by atoms with Gasteiger partial charge in [0.15, 0.2) is 0 Å². The highest BCUT2D eigenvalue weighted by atomic mass is 16.6. The maximum Gasteiger partial charge on any atom is 0.271 e. The molecule has 1 aromatic carbocycles. The van der Waals surface area contributed by atoms with Crippen molar-refractivity contribution in [3.05, 3.63) is 33.9 Å². The van der Waals surface area contributed by atoms with Crippen LogP contribution in [0.25, 0.3) is 0 Å². The van der Waals surface area contributed by atoms with Crippen LogP contribution in [0.3, 0.4) is 0 Å². The van der Waals surface area contributed by atoms with Crippen molar-refractivity contribution >= 4 is 11.4 Å². The minimum Gasteiger partial charge on any atom is -0.395 e. The number of likely N-dealkylation sites (N-methyl/N-ethyl adjacent to an activating group) is 1. The van der Waals surface area contributed by atoms with Crippen LogP contribution >= 0.6 is 0 Å². The Kier molecular flexibility index (Phi) is 4.25. The lowest BCUT2D eigenvalue weighted by Crippen LogP contribution is -2.26. The van der Waals surface area contributed by atoms with Gasteiger partial charge < -0.3 is 10.0 Å². The third-order valence-corrected chi connectivity index (χ3v) is 2.37. The second-order valence-corrected chi connectivity index (χ2v) is 3.59. The Balaban J connectivity index is 3.07. The lowest BCUT2D eigenvalue weighted by molar-refractivity contribution is -0.384. The van der Waals surface area contributed by atoms with Gasteiger partial charge in [0.25, 0.3) is 5.69 Å². The number of non-ortho nitro benzene ring substituents is 1. The van der Waals surface area contributed by atoms with Crippen LogP contribution in [0.4, 0.5) is 11.4 Å². The Morgan fingerprint density at radius 2 is 2.12 bits per heavy atom. The fourth-order valence-corrected chi connectivity index (χ4v) is 1.62. The largest absolute Gasteiger partial charge is 0.395 e. The summed E-state index contributed by atoms with van der Waals surface area (Å²) in [7, 11) is 0. The standard InChI is InChI=1S/C11H16N2O3/c1-3-12(4-5-14)10-6-9(2)7-11(8-10)13(15)16/h6-8,14H,3-5H2,1-2H3. The van der Waals surface area contributed by atoms with Crippen molar-refractivity contribution in [1.82, 2.24) is 0 Å². The second kappa shape index (κ2) is 5.46. The van der Waals surface area contributed by atoms with Crippen LogP contribution in [0.1, 0.15) is 12.5 Å². The first-order valence-corrected chi connectivity index (χ1v) is 5.20. The molecule has 0 amide bonds. The van der Waals surface area contributed by atoms with Crippen LogP contribution in [0.5, 0.6) is 0 Å². The van der Waals surface area contributed by atoms with Gasteiger partial charge in [0.2, 0.25) is 0 Å². The summed E-state index contributed by atoms with van der Waals surface area (Å²) in [5.74, 6) is 0. The van der Waals surface area contributed by atoms with Crippen LogP contribution in [0.2, 0.25) is 0 Å². The first-order chi connectivity index (χ1) is 7.58. The molecule has 0 heterocycles. The van der Waals surface area contributed by atoms with E-state index in [-0.39, 0.29) is 12.3 Å². The van der Waals surface area contributed by atoms with Crippen molar-refractivity contribution in [3.8, 4) is 0 Å². The SMILES string of the molecule is CCN(CCO)c1cc(C)cc([N+](=O)[O-])c1. The molecule has 0 aliphatic carbocycles. The van der Waals surface area contributed by atoms with Gasteiger partial charge in [-0.25, -0.2) is 0 Å². The molecule has 0 saturated carbocycles. The molecule has 1 N–H and O–H groups in total. The van der Waals surface area contributed by atoms with Gasteiger partial charge in [-0.1, -0.05) is 0 Å². The number of aliphatic hydroxyl groups excluding tert-OH is 1. The number of hydrogen-bond acceptors (Lipinski definition) is 4. The van der Waals surface area contributed by atoms with Crippen molar-refractivity contribution < 1.29 is 10.0 Å². The fourth-order valence-electron chi connectivity index (χ4n) is 1.62. The number of rotatable bonds is 5. The highest BCUT2D eigenvalue weighted by molar-refractivity contribution is 5.55. The zero-order valence-electron chi connectivity index (χ0n) is 9.51. The fraction of sp³-hybridized carbons (Fsp3) is 0.455. The van der Waals surface area contributed by atoms with Gasteiger partial charge in [-0.2, -0.15) is 0 Å². The van der Waals surface area contributed by atoms with Crippen molar-refractivity contribution in [2.45, 2.75) is 13.8 Å². The maximum absolute atomic E-state index is 10.7. The van der Waals surface area contributed by atoms with E-state index in [1.165, 1.54) is 12.1 Å². The third kappa shape index (κ3) is 2.93. The molecule has 5 heteroatoms. The Morgan fingerprint density at radius 3 is 2.62 bits per heavy atom. The minimum atomic E-state index is -0.400. The lowest BCUT2D eigenvalue weighted by atomic mass is 10.2. The number of aliphatic hydroxyl groups is 1. The molecule has 0 aromatic heterocycles. The number of aryl methyl sites for hydroxylation is 1. The van der Waals surface area contributed by atoms with Crippen molar-refractivity contribution in [3.63, 3.8) is 0 Å². The van der Waals surface area contributed by atoms with Gasteiger partial charge in [-0.15, -0.1) is 0 Å². The molecule has 1 rings (SSSR count). The zero-order valence-corrected chi connectivity index (χ0v) is 9.51. The van der Waals surface area contributed by atoms with Crippen LogP contribution in [0, 0.1) is 17.0 Å². The first-order valence-electron chi connectivity index (χ1n) is 5.20. The molecule has 1 aromatic rings. The van der Waals surface area contributed by atoms with Crippen LogP contribution < -0.4 is 4.90 Å². The Morgan fingerprint density at radius 1 is 1.44 bits per heavy atom. The number of nitro benzene ring substituents is 1. The van der Waals surface area contributed by atoms with E-state index < -0.39 is 4.92 Å². The van der Waals surface area contributed by atoms with E-state index in [0.717, 1.165) is 11.3 Å².